The second-order valence-electron chi connectivity index (χ2n) is 5.56. The van der Waals surface area contributed by atoms with Gasteiger partial charge in [-0.3, -0.25) is 0 Å². The lowest BCUT2D eigenvalue weighted by molar-refractivity contribution is 0.647. The van der Waals surface area contributed by atoms with E-state index in [1.54, 1.807) is 0 Å². The van der Waals surface area contributed by atoms with E-state index in [9.17, 15) is 0 Å². The van der Waals surface area contributed by atoms with Crippen LogP contribution in [0.2, 0.25) is 5.02 Å². The van der Waals surface area contributed by atoms with Gasteiger partial charge in [0.2, 0.25) is 0 Å². The molecular weight excluding hydrogens is 294 g/mol. The maximum atomic E-state index is 6.04. The SMILES string of the molecule is CC(Cc1cccc(Cl)c1)c1cn(Cc2ccccc2)nn1. The first-order chi connectivity index (χ1) is 10.7. The average Bonchev–Trinajstić information content (AvgIpc) is 2.97. The number of halogens is 1. The van der Waals surface area contributed by atoms with Crippen molar-refractivity contribution in [1.29, 1.82) is 0 Å². The van der Waals surface area contributed by atoms with Crippen molar-refractivity contribution in [3.05, 3.63) is 82.6 Å². The first-order valence-electron chi connectivity index (χ1n) is 7.39. The maximum Gasteiger partial charge on any atom is 0.0858 e. The maximum absolute atomic E-state index is 6.04. The minimum atomic E-state index is 0.308. The van der Waals surface area contributed by atoms with E-state index in [0.29, 0.717) is 5.92 Å². The molecule has 3 nitrogen and oxygen atoms in total. The highest BCUT2D eigenvalue weighted by Crippen LogP contribution is 2.20. The van der Waals surface area contributed by atoms with E-state index in [1.807, 2.05) is 47.3 Å². The first kappa shape index (κ1) is 14.8. The van der Waals surface area contributed by atoms with Crippen LogP contribution in [0.3, 0.4) is 0 Å². The molecular formula is C18H18ClN3. The Labute approximate surface area is 135 Å². The number of aromatic nitrogens is 3. The highest BCUT2D eigenvalue weighted by atomic mass is 35.5. The topological polar surface area (TPSA) is 30.7 Å². The van der Waals surface area contributed by atoms with E-state index in [4.69, 9.17) is 11.6 Å². The van der Waals surface area contributed by atoms with E-state index < -0.39 is 0 Å². The van der Waals surface area contributed by atoms with Gasteiger partial charge in [0.25, 0.3) is 0 Å². The molecule has 0 spiro atoms. The van der Waals surface area contributed by atoms with Gasteiger partial charge in [-0.2, -0.15) is 0 Å². The highest BCUT2D eigenvalue weighted by Gasteiger charge is 2.11. The van der Waals surface area contributed by atoms with Gasteiger partial charge in [-0.25, -0.2) is 4.68 Å². The standard InChI is InChI=1S/C18H18ClN3/c1-14(10-16-8-5-9-17(19)11-16)18-13-22(21-20-18)12-15-6-3-2-4-7-15/h2-9,11,13-14H,10,12H2,1H3. The van der Waals surface area contributed by atoms with Gasteiger partial charge in [-0.05, 0) is 29.7 Å². The van der Waals surface area contributed by atoms with Crippen molar-refractivity contribution in [2.75, 3.05) is 0 Å². The van der Waals surface area contributed by atoms with Crippen molar-refractivity contribution >= 4 is 11.6 Å². The van der Waals surface area contributed by atoms with Crippen molar-refractivity contribution in [1.82, 2.24) is 15.0 Å². The van der Waals surface area contributed by atoms with Gasteiger partial charge in [-0.15, -0.1) is 5.10 Å². The van der Waals surface area contributed by atoms with Crippen LogP contribution in [0.5, 0.6) is 0 Å². The van der Waals surface area contributed by atoms with Crippen LogP contribution in [0.25, 0.3) is 0 Å². The van der Waals surface area contributed by atoms with E-state index in [2.05, 4.69) is 35.4 Å². The molecule has 22 heavy (non-hydrogen) atoms. The molecule has 1 heterocycles. The Kier molecular flexibility index (Phi) is 4.54. The second-order valence-corrected chi connectivity index (χ2v) is 6.00. The van der Waals surface area contributed by atoms with E-state index >= 15 is 0 Å². The zero-order chi connectivity index (χ0) is 15.4. The molecule has 0 saturated heterocycles. The number of hydrogen-bond acceptors (Lipinski definition) is 2. The van der Waals surface area contributed by atoms with Gasteiger partial charge in [0.05, 0.1) is 12.2 Å². The molecule has 1 unspecified atom stereocenters. The van der Waals surface area contributed by atoms with Crippen LogP contribution in [0.15, 0.2) is 60.8 Å². The number of rotatable bonds is 5. The fraction of sp³-hybridized carbons (Fsp3) is 0.222. The molecule has 4 heteroatoms. The van der Waals surface area contributed by atoms with Crippen LogP contribution in [0, 0.1) is 0 Å². The monoisotopic (exact) mass is 311 g/mol. The van der Waals surface area contributed by atoms with Gasteiger partial charge in [-0.1, -0.05) is 66.2 Å². The number of benzene rings is 2. The summed E-state index contributed by atoms with van der Waals surface area (Å²) in [4.78, 5) is 0. The summed E-state index contributed by atoms with van der Waals surface area (Å²) in [6.07, 6.45) is 2.94. The Bertz CT molecular complexity index is 737. The molecule has 1 aromatic heterocycles. The third-order valence-corrected chi connectivity index (χ3v) is 3.91. The molecule has 2 aromatic carbocycles. The normalized spacial score (nSPS) is 12.3. The molecule has 0 fully saturated rings. The van der Waals surface area contributed by atoms with E-state index in [1.165, 1.54) is 11.1 Å². The fourth-order valence-corrected chi connectivity index (χ4v) is 2.72. The molecule has 1 atom stereocenters. The van der Waals surface area contributed by atoms with Crippen molar-refractivity contribution in [2.24, 2.45) is 0 Å². The van der Waals surface area contributed by atoms with Crippen LogP contribution >= 0.6 is 11.6 Å². The summed E-state index contributed by atoms with van der Waals surface area (Å²) in [7, 11) is 0. The molecule has 0 amide bonds. The predicted octanol–water partition coefficient (Wildman–Crippen LogP) is 4.33. The summed E-state index contributed by atoms with van der Waals surface area (Å²) in [6.45, 7) is 2.91. The summed E-state index contributed by atoms with van der Waals surface area (Å²) in [6, 6.07) is 18.3. The van der Waals surface area contributed by atoms with Crippen LogP contribution in [0.4, 0.5) is 0 Å². The molecule has 0 aliphatic heterocycles. The third kappa shape index (κ3) is 3.74. The zero-order valence-corrected chi connectivity index (χ0v) is 13.2. The minimum Gasteiger partial charge on any atom is -0.248 e. The third-order valence-electron chi connectivity index (χ3n) is 3.68. The summed E-state index contributed by atoms with van der Waals surface area (Å²) >= 11 is 6.04. The van der Waals surface area contributed by atoms with Crippen LogP contribution in [0.1, 0.15) is 29.7 Å². The van der Waals surface area contributed by atoms with E-state index in [0.717, 1.165) is 23.7 Å². The van der Waals surface area contributed by atoms with Crippen molar-refractivity contribution in [3.63, 3.8) is 0 Å². The van der Waals surface area contributed by atoms with Crippen LogP contribution in [-0.4, -0.2) is 15.0 Å². The summed E-state index contributed by atoms with van der Waals surface area (Å²) < 4.78 is 1.89. The highest BCUT2D eigenvalue weighted by molar-refractivity contribution is 6.30. The molecule has 0 radical (unpaired) electrons. The Hall–Kier alpha value is -2.13. The first-order valence-corrected chi connectivity index (χ1v) is 7.77. The van der Waals surface area contributed by atoms with Gasteiger partial charge in [0.1, 0.15) is 0 Å². The Balaban J connectivity index is 1.68. The van der Waals surface area contributed by atoms with Gasteiger partial charge in [0.15, 0.2) is 0 Å². The van der Waals surface area contributed by atoms with Gasteiger partial charge >= 0.3 is 0 Å². The Morgan fingerprint density at radius 1 is 1.05 bits per heavy atom. The summed E-state index contributed by atoms with van der Waals surface area (Å²) in [5.74, 6) is 0.308. The molecule has 3 aromatic rings. The lowest BCUT2D eigenvalue weighted by Crippen LogP contribution is -2.00. The molecule has 112 valence electrons. The zero-order valence-electron chi connectivity index (χ0n) is 12.5. The molecule has 0 N–H and O–H groups in total. The molecule has 0 aliphatic carbocycles. The van der Waals surface area contributed by atoms with Crippen molar-refractivity contribution in [3.8, 4) is 0 Å². The van der Waals surface area contributed by atoms with Gasteiger partial charge < -0.3 is 0 Å². The molecule has 0 aliphatic rings. The van der Waals surface area contributed by atoms with Crippen molar-refractivity contribution in [2.45, 2.75) is 25.8 Å². The van der Waals surface area contributed by atoms with Crippen LogP contribution in [-0.2, 0) is 13.0 Å². The summed E-state index contributed by atoms with van der Waals surface area (Å²) in [5, 5.41) is 9.32. The molecule has 0 bridgehead atoms. The lowest BCUT2D eigenvalue weighted by atomic mass is 9.99. The number of hydrogen-bond donors (Lipinski definition) is 0. The predicted molar refractivity (Wildman–Crippen MR) is 89.1 cm³/mol. The quantitative estimate of drug-likeness (QED) is 0.702. The largest absolute Gasteiger partial charge is 0.248 e. The van der Waals surface area contributed by atoms with Crippen LogP contribution < -0.4 is 0 Å². The lowest BCUT2D eigenvalue weighted by Gasteiger charge is -2.08. The second kappa shape index (κ2) is 6.75. The Morgan fingerprint density at radius 2 is 1.82 bits per heavy atom. The molecule has 3 rings (SSSR count). The van der Waals surface area contributed by atoms with E-state index in [-0.39, 0.29) is 0 Å². The molecule has 0 saturated carbocycles. The Morgan fingerprint density at radius 3 is 2.59 bits per heavy atom. The van der Waals surface area contributed by atoms with Crippen molar-refractivity contribution < 1.29 is 0 Å². The minimum absolute atomic E-state index is 0.308. The number of nitrogens with zero attached hydrogens (tertiary/aromatic N) is 3. The smallest absolute Gasteiger partial charge is 0.0858 e. The van der Waals surface area contributed by atoms with Gasteiger partial charge in [0, 0.05) is 17.1 Å². The summed E-state index contributed by atoms with van der Waals surface area (Å²) in [5.41, 5.74) is 3.45. The fourth-order valence-electron chi connectivity index (χ4n) is 2.51. The average molecular weight is 312 g/mol.